The van der Waals surface area contributed by atoms with Gasteiger partial charge in [0.05, 0.1) is 20.6 Å². The van der Waals surface area contributed by atoms with Crippen molar-refractivity contribution in [2.24, 2.45) is 10.7 Å². The van der Waals surface area contributed by atoms with Crippen molar-refractivity contribution in [2.45, 2.75) is 25.4 Å². The molecule has 0 heterocycles. The maximum atomic E-state index is 13.0. The smallest absolute Gasteiger partial charge is 0.245 e. The molecule has 0 fully saturated rings. The number of hydrogen-bond donors (Lipinski definition) is 3. The Morgan fingerprint density at radius 2 is 1.46 bits per heavy atom. The molecule has 8 nitrogen and oxygen atoms in total. The van der Waals surface area contributed by atoms with Gasteiger partial charge < -0.3 is 20.5 Å². The van der Waals surface area contributed by atoms with Crippen molar-refractivity contribution in [3.05, 3.63) is 95.6 Å². The number of carbonyl (C=O) groups excluding carboxylic acids is 2. The van der Waals surface area contributed by atoms with Crippen LogP contribution in [0.3, 0.4) is 0 Å². The number of carbonyl (C=O) groups is 2. The van der Waals surface area contributed by atoms with Gasteiger partial charge >= 0.3 is 0 Å². The fourth-order valence-corrected chi connectivity index (χ4v) is 3.48. The summed E-state index contributed by atoms with van der Waals surface area (Å²) in [4.78, 5) is 29.8. The lowest BCUT2D eigenvalue weighted by Gasteiger charge is -2.15. The van der Waals surface area contributed by atoms with E-state index in [0.717, 1.165) is 16.7 Å². The topological polar surface area (TPSA) is 115 Å². The number of amides is 2. The first-order chi connectivity index (χ1) is 17.0. The van der Waals surface area contributed by atoms with Crippen LogP contribution in [0.15, 0.2) is 83.9 Å². The van der Waals surface area contributed by atoms with Gasteiger partial charge in [0.1, 0.15) is 17.5 Å². The average molecular weight is 475 g/mol. The van der Waals surface area contributed by atoms with E-state index in [0.29, 0.717) is 24.5 Å². The number of methoxy groups -OCH3 is 2. The van der Waals surface area contributed by atoms with Crippen LogP contribution >= 0.6 is 0 Å². The molecule has 0 radical (unpaired) electrons. The van der Waals surface area contributed by atoms with Crippen LogP contribution in [0.1, 0.15) is 16.7 Å². The zero-order valence-corrected chi connectivity index (χ0v) is 19.9. The Labute approximate surface area is 205 Å². The molecule has 0 aliphatic rings. The largest absolute Gasteiger partial charge is 0.497 e. The molecule has 3 rings (SSSR count). The van der Waals surface area contributed by atoms with Crippen molar-refractivity contribution in [1.29, 1.82) is 0 Å². The molecule has 1 atom stereocenters. The minimum Gasteiger partial charge on any atom is -0.497 e. The number of rotatable bonds is 10. The van der Waals surface area contributed by atoms with Crippen molar-refractivity contribution in [2.75, 3.05) is 14.2 Å². The second kappa shape index (κ2) is 12.8. The average Bonchev–Trinajstić information content (AvgIpc) is 2.87. The zero-order valence-electron chi connectivity index (χ0n) is 19.9. The van der Waals surface area contributed by atoms with Crippen molar-refractivity contribution in [3.8, 4) is 11.5 Å². The Bertz CT molecular complexity index is 1160. The van der Waals surface area contributed by atoms with Gasteiger partial charge in [-0.05, 0) is 41.0 Å². The summed E-state index contributed by atoms with van der Waals surface area (Å²) in [7, 11) is 3.16. The maximum absolute atomic E-state index is 13.0. The van der Waals surface area contributed by atoms with E-state index in [-0.39, 0.29) is 24.2 Å². The molecule has 8 heteroatoms. The van der Waals surface area contributed by atoms with Gasteiger partial charge in [-0.15, -0.1) is 0 Å². The molecule has 0 saturated carbocycles. The Balaban J connectivity index is 1.68. The lowest BCUT2D eigenvalue weighted by atomic mass is 10.1. The van der Waals surface area contributed by atoms with Gasteiger partial charge in [0.2, 0.25) is 11.8 Å². The molecule has 2 amide bonds. The summed E-state index contributed by atoms with van der Waals surface area (Å²) in [6, 6.07) is 23.3. The van der Waals surface area contributed by atoms with Gasteiger partial charge in [0.15, 0.2) is 5.96 Å². The normalized spacial score (nSPS) is 11.9. The first-order valence-corrected chi connectivity index (χ1v) is 11.2. The van der Waals surface area contributed by atoms with Crippen molar-refractivity contribution >= 4 is 17.8 Å². The van der Waals surface area contributed by atoms with Crippen LogP contribution in [0.2, 0.25) is 0 Å². The second-order valence-corrected chi connectivity index (χ2v) is 7.87. The Hall–Kier alpha value is -4.33. The Kier molecular flexibility index (Phi) is 9.24. The van der Waals surface area contributed by atoms with Crippen LogP contribution in [-0.2, 0) is 29.0 Å². The molecule has 0 bridgehead atoms. The van der Waals surface area contributed by atoms with E-state index in [9.17, 15) is 9.59 Å². The quantitative estimate of drug-likeness (QED) is 0.309. The van der Waals surface area contributed by atoms with Gasteiger partial charge in [-0.2, -0.15) is 0 Å². The minimum atomic E-state index is -0.819. The van der Waals surface area contributed by atoms with Crippen LogP contribution in [0.5, 0.6) is 11.5 Å². The third-order valence-corrected chi connectivity index (χ3v) is 5.24. The number of nitrogens with one attached hydrogen (secondary N) is 2. The summed E-state index contributed by atoms with van der Waals surface area (Å²) in [6.45, 7) is 0.305. The molecule has 0 saturated heterocycles. The summed E-state index contributed by atoms with van der Waals surface area (Å²) in [5, 5.41) is 5.48. The summed E-state index contributed by atoms with van der Waals surface area (Å²) >= 11 is 0. The monoisotopic (exact) mass is 474 g/mol. The first-order valence-electron chi connectivity index (χ1n) is 11.2. The van der Waals surface area contributed by atoms with E-state index in [4.69, 9.17) is 15.2 Å². The maximum Gasteiger partial charge on any atom is 0.245 e. The number of ether oxygens (including phenoxy) is 2. The van der Waals surface area contributed by atoms with Gasteiger partial charge in [-0.3, -0.25) is 14.9 Å². The molecule has 35 heavy (non-hydrogen) atoms. The molecule has 0 aliphatic heterocycles. The van der Waals surface area contributed by atoms with Crippen molar-refractivity contribution in [3.63, 3.8) is 0 Å². The van der Waals surface area contributed by atoms with Crippen LogP contribution in [-0.4, -0.2) is 38.0 Å². The number of hydrogen-bond acceptors (Lipinski definition) is 5. The standard InChI is InChI=1S/C27H30N4O4/c1-34-22-12-6-10-20(14-22)17-25(32)31-27(28)30-24(16-19-8-4-3-5-9-19)26(33)29-18-21-11-7-13-23(15-21)35-2/h3-15,24H,16-18H2,1-2H3,(H,29,33)(H3,28,30,31,32). The number of nitrogens with zero attached hydrogens (tertiary/aromatic N) is 1. The zero-order chi connectivity index (χ0) is 25.0. The van der Waals surface area contributed by atoms with Gasteiger partial charge in [-0.25, -0.2) is 4.99 Å². The fraction of sp³-hybridized carbons (Fsp3) is 0.222. The second-order valence-electron chi connectivity index (χ2n) is 7.87. The van der Waals surface area contributed by atoms with E-state index in [2.05, 4.69) is 15.6 Å². The highest BCUT2D eigenvalue weighted by Crippen LogP contribution is 2.14. The lowest BCUT2D eigenvalue weighted by molar-refractivity contribution is -0.122. The van der Waals surface area contributed by atoms with E-state index in [1.54, 1.807) is 32.4 Å². The molecular formula is C27H30N4O4. The predicted molar refractivity (Wildman–Crippen MR) is 135 cm³/mol. The van der Waals surface area contributed by atoms with E-state index < -0.39 is 6.04 Å². The van der Waals surface area contributed by atoms with Gasteiger partial charge in [0.25, 0.3) is 0 Å². The van der Waals surface area contributed by atoms with Crippen molar-refractivity contribution in [1.82, 2.24) is 10.6 Å². The Morgan fingerprint density at radius 3 is 2.11 bits per heavy atom. The number of nitrogens with two attached hydrogens (primary N) is 1. The Morgan fingerprint density at radius 1 is 0.857 bits per heavy atom. The van der Waals surface area contributed by atoms with E-state index in [1.165, 1.54) is 0 Å². The number of guanidine groups is 1. The number of benzene rings is 3. The lowest BCUT2D eigenvalue weighted by Crippen LogP contribution is -2.42. The molecular weight excluding hydrogens is 444 g/mol. The van der Waals surface area contributed by atoms with Crippen LogP contribution in [0.4, 0.5) is 0 Å². The van der Waals surface area contributed by atoms with Gasteiger partial charge in [0, 0.05) is 13.0 Å². The SMILES string of the molecule is COc1cccc(CNC(=O)C(Cc2ccccc2)N=C(N)NC(=O)Cc2cccc(OC)c2)c1. The third-order valence-electron chi connectivity index (χ3n) is 5.24. The molecule has 3 aromatic carbocycles. The number of aliphatic imine (C=N–C) groups is 1. The first kappa shape index (κ1) is 25.3. The van der Waals surface area contributed by atoms with E-state index in [1.807, 2.05) is 60.7 Å². The van der Waals surface area contributed by atoms with Crippen LogP contribution in [0, 0.1) is 0 Å². The molecule has 4 N–H and O–H groups in total. The van der Waals surface area contributed by atoms with Crippen LogP contribution < -0.4 is 25.8 Å². The highest BCUT2D eigenvalue weighted by molar-refractivity contribution is 5.98. The van der Waals surface area contributed by atoms with E-state index >= 15 is 0 Å². The highest BCUT2D eigenvalue weighted by atomic mass is 16.5. The summed E-state index contributed by atoms with van der Waals surface area (Å²) < 4.78 is 10.4. The molecule has 3 aromatic rings. The predicted octanol–water partition coefficient (Wildman–Crippen LogP) is 2.60. The molecule has 0 spiro atoms. The molecule has 1 unspecified atom stereocenters. The third kappa shape index (κ3) is 8.19. The fourth-order valence-electron chi connectivity index (χ4n) is 3.48. The van der Waals surface area contributed by atoms with Crippen LogP contribution in [0.25, 0.3) is 0 Å². The molecule has 0 aromatic heterocycles. The summed E-state index contributed by atoms with van der Waals surface area (Å²) in [6.07, 6.45) is 0.427. The summed E-state index contributed by atoms with van der Waals surface area (Å²) in [5.41, 5.74) is 8.60. The highest BCUT2D eigenvalue weighted by Gasteiger charge is 2.19. The molecule has 182 valence electrons. The van der Waals surface area contributed by atoms with Gasteiger partial charge in [-0.1, -0.05) is 54.6 Å². The summed E-state index contributed by atoms with van der Waals surface area (Å²) in [5.74, 6) is 0.609. The minimum absolute atomic E-state index is 0.0960. The molecule has 0 aliphatic carbocycles. The van der Waals surface area contributed by atoms with Crippen molar-refractivity contribution < 1.29 is 19.1 Å².